The smallest absolute Gasteiger partial charge is 0.307 e. The second-order valence-corrected chi connectivity index (χ2v) is 4.53. The van der Waals surface area contributed by atoms with Crippen LogP contribution in [0.3, 0.4) is 0 Å². The molecule has 1 aromatic rings. The van der Waals surface area contributed by atoms with Crippen molar-refractivity contribution in [1.29, 1.82) is 0 Å². The number of benzene rings is 1. The molecule has 0 aromatic heterocycles. The molecule has 3 N–H and O–H groups in total. The van der Waals surface area contributed by atoms with Gasteiger partial charge < -0.3 is 15.5 Å². The highest BCUT2D eigenvalue weighted by Crippen LogP contribution is 2.06. The van der Waals surface area contributed by atoms with Crippen LogP contribution in [0, 0.1) is 0 Å². The first kappa shape index (κ1) is 14.7. The summed E-state index contributed by atoms with van der Waals surface area (Å²) in [5.41, 5.74) is 1.96. The molecule has 0 spiro atoms. The predicted molar refractivity (Wildman–Crippen MR) is 70.4 cm³/mol. The van der Waals surface area contributed by atoms with Gasteiger partial charge in [-0.25, -0.2) is 0 Å². The topological polar surface area (TPSA) is 69.6 Å². The van der Waals surface area contributed by atoms with Crippen LogP contribution in [0.1, 0.15) is 30.9 Å². The molecule has 0 bridgehead atoms. The van der Waals surface area contributed by atoms with Crippen molar-refractivity contribution in [1.82, 2.24) is 5.32 Å². The van der Waals surface area contributed by atoms with Crippen LogP contribution in [0.25, 0.3) is 0 Å². The summed E-state index contributed by atoms with van der Waals surface area (Å²) in [5, 5.41) is 20.8. The third-order valence-corrected chi connectivity index (χ3v) is 2.83. The van der Waals surface area contributed by atoms with Gasteiger partial charge in [0.2, 0.25) is 0 Å². The molecule has 0 radical (unpaired) electrons. The van der Waals surface area contributed by atoms with Gasteiger partial charge in [-0.3, -0.25) is 4.79 Å². The summed E-state index contributed by atoms with van der Waals surface area (Å²) in [6, 6.07) is 7.97. The van der Waals surface area contributed by atoms with Crippen LogP contribution in [0.2, 0.25) is 0 Å². The maximum atomic E-state index is 10.5. The molecule has 0 fully saturated rings. The summed E-state index contributed by atoms with van der Waals surface area (Å²) < 4.78 is 0. The van der Waals surface area contributed by atoms with E-state index in [2.05, 4.69) is 12.2 Å². The van der Waals surface area contributed by atoms with E-state index in [-0.39, 0.29) is 13.0 Å². The number of aliphatic hydroxyl groups is 1. The average molecular weight is 251 g/mol. The van der Waals surface area contributed by atoms with Gasteiger partial charge in [0.15, 0.2) is 0 Å². The zero-order valence-corrected chi connectivity index (χ0v) is 10.7. The maximum absolute atomic E-state index is 10.5. The lowest BCUT2D eigenvalue weighted by Gasteiger charge is -2.13. The fourth-order valence-corrected chi connectivity index (χ4v) is 1.74. The summed E-state index contributed by atoms with van der Waals surface area (Å²) in [6.07, 6.45) is 1.83. The summed E-state index contributed by atoms with van der Waals surface area (Å²) in [4.78, 5) is 10.5. The zero-order chi connectivity index (χ0) is 13.4. The van der Waals surface area contributed by atoms with Crippen LogP contribution in [-0.2, 0) is 17.8 Å². The van der Waals surface area contributed by atoms with Crippen molar-refractivity contribution < 1.29 is 15.0 Å². The Balaban J connectivity index is 2.36. The third-order valence-electron chi connectivity index (χ3n) is 2.83. The Bertz CT molecular complexity index is 362. The van der Waals surface area contributed by atoms with E-state index in [1.165, 1.54) is 0 Å². The first-order valence-electron chi connectivity index (χ1n) is 6.25. The second-order valence-electron chi connectivity index (χ2n) is 4.53. The molecule has 0 saturated heterocycles. The van der Waals surface area contributed by atoms with Crippen molar-refractivity contribution in [3.8, 4) is 0 Å². The minimum Gasteiger partial charge on any atom is -0.481 e. The maximum Gasteiger partial charge on any atom is 0.307 e. The first-order chi connectivity index (χ1) is 8.61. The van der Waals surface area contributed by atoms with E-state index in [0.717, 1.165) is 30.5 Å². The van der Waals surface area contributed by atoms with Gasteiger partial charge in [0, 0.05) is 19.2 Å². The molecular formula is C14H21NO3. The minimum atomic E-state index is -0.807. The lowest BCUT2D eigenvalue weighted by Crippen LogP contribution is -2.25. The fraction of sp³-hybridized carbons (Fsp3) is 0.500. The Morgan fingerprint density at radius 2 is 1.89 bits per heavy atom. The van der Waals surface area contributed by atoms with E-state index < -0.39 is 5.97 Å². The molecule has 1 aromatic carbocycles. The molecule has 1 unspecified atom stereocenters. The van der Waals surface area contributed by atoms with Crippen LogP contribution in [-0.4, -0.2) is 28.8 Å². The molecule has 0 saturated carbocycles. The van der Waals surface area contributed by atoms with Gasteiger partial charge in [-0.2, -0.15) is 0 Å². The zero-order valence-electron chi connectivity index (χ0n) is 10.7. The lowest BCUT2D eigenvalue weighted by atomic mass is 10.1. The van der Waals surface area contributed by atoms with Crippen LogP contribution < -0.4 is 5.32 Å². The molecule has 4 nitrogen and oxygen atoms in total. The molecule has 18 heavy (non-hydrogen) atoms. The number of rotatable bonds is 8. The van der Waals surface area contributed by atoms with Crippen LogP contribution >= 0.6 is 0 Å². The highest BCUT2D eigenvalue weighted by Gasteiger charge is 2.02. The van der Waals surface area contributed by atoms with Crippen LogP contribution in [0.15, 0.2) is 24.3 Å². The number of aliphatic carboxylic acids is 1. The summed E-state index contributed by atoms with van der Waals surface area (Å²) in [7, 11) is 0. The molecule has 4 heteroatoms. The molecule has 0 aliphatic carbocycles. The number of nitrogens with one attached hydrogen (secondary N) is 1. The van der Waals surface area contributed by atoms with Gasteiger partial charge in [-0.15, -0.1) is 0 Å². The van der Waals surface area contributed by atoms with Crippen molar-refractivity contribution in [2.24, 2.45) is 0 Å². The molecule has 1 atom stereocenters. The summed E-state index contributed by atoms with van der Waals surface area (Å²) in [6.45, 7) is 3.09. The van der Waals surface area contributed by atoms with E-state index in [4.69, 9.17) is 10.2 Å². The monoisotopic (exact) mass is 251 g/mol. The number of hydrogen-bond donors (Lipinski definition) is 3. The quantitative estimate of drug-likeness (QED) is 0.656. The van der Waals surface area contributed by atoms with Gasteiger partial charge in [0.05, 0.1) is 6.42 Å². The predicted octanol–water partition coefficient (Wildman–Crippen LogP) is 1.56. The van der Waals surface area contributed by atoms with E-state index in [9.17, 15) is 4.79 Å². The normalized spacial score (nSPS) is 12.3. The molecular weight excluding hydrogens is 230 g/mol. The Morgan fingerprint density at radius 3 is 2.44 bits per heavy atom. The molecule has 0 aliphatic heterocycles. The van der Waals surface area contributed by atoms with E-state index in [1.807, 2.05) is 24.3 Å². The lowest BCUT2D eigenvalue weighted by molar-refractivity contribution is -0.136. The molecule has 0 heterocycles. The van der Waals surface area contributed by atoms with Gasteiger partial charge >= 0.3 is 5.97 Å². The highest BCUT2D eigenvalue weighted by atomic mass is 16.4. The SMILES string of the molecule is CC(CCCO)NCc1ccc(CC(=O)O)cc1. The number of carboxylic acids is 1. The van der Waals surface area contributed by atoms with E-state index in [1.54, 1.807) is 0 Å². The Morgan fingerprint density at radius 1 is 1.28 bits per heavy atom. The van der Waals surface area contributed by atoms with E-state index in [0.29, 0.717) is 6.04 Å². The van der Waals surface area contributed by atoms with E-state index >= 15 is 0 Å². The number of hydrogen-bond acceptors (Lipinski definition) is 3. The Kier molecular flexibility index (Phi) is 6.39. The molecule has 0 amide bonds. The highest BCUT2D eigenvalue weighted by molar-refractivity contribution is 5.70. The minimum absolute atomic E-state index is 0.0701. The van der Waals surface area contributed by atoms with Gasteiger partial charge in [0.25, 0.3) is 0 Å². The number of aliphatic hydroxyl groups excluding tert-OH is 1. The molecule has 100 valence electrons. The van der Waals surface area contributed by atoms with Crippen molar-refractivity contribution in [3.63, 3.8) is 0 Å². The second kappa shape index (κ2) is 7.84. The van der Waals surface area contributed by atoms with Crippen molar-refractivity contribution in [2.75, 3.05) is 6.61 Å². The van der Waals surface area contributed by atoms with Gasteiger partial charge in [-0.05, 0) is 30.9 Å². The van der Waals surface area contributed by atoms with Crippen molar-refractivity contribution in [2.45, 2.75) is 38.8 Å². The fourth-order valence-electron chi connectivity index (χ4n) is 1.74. The van der Waals surface area contributed by atoms with Crippen molar-refractivity contribution >= 4 is 5.97 Å². The third kappa shape index (κ3) is 5.80. The van der Waals surface area contributed by atoms with Crippen molar-refractivity contribution in [3.05, 3.63) is 35.4 Å². The summed E-state index contributed by atoms with van der Waals surface area (Å²) >= 11 is 0. The Hall–Kier alpha value is -1.39. The first-order valence-corrected chi connectivity index (χ1v) is 6.25. The van der Waals surface area contributed by atoms with Gasteiger partial charge in [-0.1, -0.05) is 24.3 Å². The van der Waals surface area contributed by atoms with Crippen LogP contribution in [0.5, 0.6) is 0 Å². The largest absolute Gasteiger partial charge is 0.481 e. The molecule has 1 rings (SSSR count). The average Bonchev–Trinajstić information content (AvgIpc) is 2.35. The number of carboxylic acid groups (broad SMARTS) is 1. The standard InChI is InChI=1S/C14H21NO3/c1-11(3-2-8-16)15-10-13-6-4-12(5-7-13)9-14(17)18/h4-7,11,15-16H,2-3,8-10H2,1H3,(H,17,18). The number of carbonyl (C=O) groups is 1. The van der Waals surface area contributed by atoms with Gasteiger partial charge in [0.1, 0.15) is 0 Å². The summed E-state index contributed by atoms with van der Waals surface area (Å²) in [5.74, 6) is -0.807. The van der Waals surface area contributed by atoms with Crippen LogP contribution in [0.4, 0.5) is 0 Å². The molecule has 0 aliphatic rings. The Labute approximate surface area is 108 Å².